The third kappa shape index (κ3) is 2.89. The fraction of sp³-hybridized carbons (Fsp3) is 0.429. The molecule has 3 rings (SSSR count). The summed E-state index contributed by atoms with van der Waals surface area (Å²) < 4.78 is 0. The molecule has 0 aromatic heterocycles. The SMILES string of the molecule is C=C1CC[C@@H](O)C(C)(C)[C@H]1CCc1ccc2c(c1)C(=O)C=CC2=O. The standard InChI is InChI=1S/C21H24O3/c1-13-4-11-20(24)21(2,3)17(13)8-6-14-5-7-15-16(12-14)19(23)10-9-18(15)22/h5,7,9-10,12,17,20,24H,1,4,6,8,11H2,2-3H3/t17-,20+/m0/s1. The highest BCUT2D eigenvalue weighted by Gasteiger charge is 2.40. The molecule has 1 saturated carbocycles. The lowest BCUT2D eigenvalue weighted by Crippen LogP contribution is -2.41. The van der Waals surface area contributed by atoms with Gasteiger partial charge in [0.25, 0.3) is 0 Å². The molecular formula is C21H24O3. The number of rotatable bonds is 3. The lowest BCUT2D eigenvalue weighted by atomic mass is 9.63. The van der Waals surface area contributed by atoms with E-state index in [0.717, 1.165) is 31.2 Å². The van der Waals surface area contributed by atoms with E-state index in [1.54, 1.807) is 6.07 Å². The van der Waals surface area contributed by atoms with Gasteiger partial charge >= 0.3 is 0 Å². The number of allylic oxidation sites excluding steroid dienone is 3. The molecule has 2 aliphatic rings. The van der Waals surface area contributed by atoms with Gasteiger partial charge in [0.15, 0.2) is 11.6 Å². The molecule has 0 heterocycles. The number of aryl methyl sites for hydroxylation is 1. The summed E-state index contributed by atoms with van der Waals surface area (Å²) in [6.07, 6.45) is 5.72. The van der Waals surface area contributed by atoms with Gasteiger partial charge in [-0.3, -0.25) is 9.59 Å². The Bertz CT molecular complexity index is 739. The molecule has 0 radical (unpaired) electrons. The minimum atomic E-state index is -0.305. The number of fused-ring (bicyclic) bond motifs is 1. The van der Waals surface area contributed by atoms with E-state index in [4.69, 9.17) is 0 Å². The van der Waals surface area contributed by atoms with Crippen LogP contribution >= 0.6 is 0 Å². The van der Waals surface area contributed by atoms with Crippen molar-refractivity contribution in [2.45, 2.75) is 45.6 Å². The molecule has 0 aliphatic heterocycles. The number of aliphatic hydroxyl groups is 1. The van der Waals surface area contributed by atoms with Crippen molar-refractivity contribution in [3.05, 3.63) is 59.2 Å². The molecule has 126 valence electrons. The molecular weight excluding hydrogens is 300 g/mol. The largest absolute Gasteiger partial charge is 0.393 e. The van der Waals surface area contributed by atoms with Crippen molar-refractivity contribution < 1.29 is 14.7 Å². The van der Waals surface area contributed by atoms with E-state index in [9.17, 15) is 14.7 Å². The summed E-state index contributed by atoms with van der Waals surface area (Å²) in [7, 11) is 0. The minimum Gasteiger partial charge on any atom is -0.393 e. The summed E-state index contributed by atoms with van der Waals surface area (Å²) >= 11 is 0. The van der Waals surface area contributed by atoms with E-state index < -0.39 is 0 Å². The van der Waals surface area contributed by atoms with Gasteiger partial charge in [-0.25, -0.2) is 0 Å². The van der Waals surface area contributed by atoms with Crippen molar-refractivity contribution in [2.75, 3.05) is 0 Å². The molecule has 3 heteroatoms. The smallest absolute Gasteiger partial charge is 0.186 e. The summed E-state index contributed by atoms with van der Waals surface area (Å²) in [6.45, 7) is 8.42. The zero-order valence-electron chi connectivity index (χ0n) is 14.3. The molecule has 0 amide bonds. The van der Waals surface area contributed by atoms with Crippen molar-refractivity contribution in [3.63, 3.8) is 0 Å². The van der Waals surface area contributed by atoms with Gasteiger partial charge in [-0.15, -0.1) is 0 Å². The zero-order valence-corrected chi connectivity index (χ0v) is 14.3. The average molecular weight is 324 g/mol. The molecule has 3 nitrogen and oxygen atoms in total. The lowest BCUT2D eigenvalue weighted by Gasteiger charge is -2.44. The fourth-order valence-corrected chi connectivity index (χ4v) is 4.01. The van der Waals surface area contributed by atoms with Crippen molar-refractivity contribution in [1.29, 1.82) is 0 Å². The molecule has 1 aromatic carbocycles. The van der Waals surface area contributed by atoms with Gasteiger partial charge in [-0.2, -0.15) is 0 Å². The highest BCUT2D eigenvalue weighted by molar-refractivity contribution is 6.22. The summed E-state index contributed by atoms with van der Waals surface area (Å²) in [5.74, 6) is 0.0415. The van der Waals surface area contributed by atoms with Crippen LogP contribution in [0.4, 0.5) is 0 Å². The third-order valence-corrected chi connectivity index (χ3v) is 5.71. The van der Waals surface area contributed by atoms with Crippen LogP contribution in [0.25, 0.3) is 0 Å². The second-order valence-electron chi connectivity index (χ2n) is 7.57. The Labute approximate surface area is 143 Å². The number of benzene rings is 1. The maximum atomic E-state index is 12.0. The second kappa shape index (κ2) is 6.14. The highest BCUT2D eigenvalue weighted by Crippen LogP contribution is 2.45. The quantitative estimate of drug-likeness (QED) is 0.858. The van der Waals surface area contributed by atoms with Crippen LogP contribution in [0.2, 0.25) is 0 Å². The molecule has 0 spiro atoms. The first kappa shape index (κ1) is 16.8. The summed E-state index contributed by atoms with van der Waals surface area (Å²) in [5, 5.41) is 10.3. The normalized spacial score (nSPS) is 25.7. The zero-order chi connectivity index (χ0) is 17.5. The number of hydrogen-bond acceptors (Lipinski definition) is 3. The van der Waals surface area contributed by atoms with Crippen LogP contribution in [0.5, 0.6) is 0 Å². The predicted octanol–water partition coefficient (Wildman–Crippen LogP) is 3.91. The molecule has 1 N–H and O–H groups in total. The van der Waals surface area contributed by atoms with Crippen LogP contribution in [-0.4, -0.2) is 22.8 Å². The maximum Gasteiger partial charge on any atom is 0.186 e. The Hall–Kier alpha value is -2.00. The summed E-state index contributed by atoms with van der Waals surface area (Å²) in [5.41, 5.74) is 3.06. The van der Waals surface area contributed by atoms with E-state index in [0.29, 0.717) is 11.1 Å². The summed E-state index contributed by atoms with van der Waals surface area (Å²) in [6, 6.07) is 5.52. The number of hydrogen-bond donors (Lipinski definition) is 1. The van der Waals surface area contributed by atoms with E-state index in [-0.39, 0.29) is 29.0 Å². The monoisotopic (exact) mass is 324 g/mol. The van der Waals surface area contributed by atoms with Crippen molar-refractivity contribution in [2.24, 2.45) is 11.3 Å². The van der Waals surface area contributed by atoms with Crippen LogP contribution in [0.1, 0.15) is 59.4 Å². The van der Waals surface area contributed by atoms with E-state index in [2.05, 4.69) is 20.4 Å². The van der Waals surface area contributed by atoms with E-state index in [1.807, 2.05) is 12.1 Å². The maximum absolute atomic E-state index is 12.0. The molecule has 0 saturated heterocycles. The molecule has 2 atom stereocenters. The van der Waals surface area contributed by atoms with Crippen LogP contribution in [-0.2, 0) is 6.42 Å². The highest BCUT2D eigenvalue weighted by atomic mass is 16.3. The molecule has 0 unspecified atom stereocenters. The topological polar surface area (TPSA) is 54.4 Å². The molecule has 2 aliphatic carbocycles. The Balaban J connectivity index is 1.78. The Morgan fingerprint density at radius 1 is 1.17 bits per heavy atom. The second-order valence-corrected chi connectivity index (χ2v) is 7.57. The Kier molecular flexibility index (Phi) is 4.31. The number of ketones is 2. The van der Waals surface area contributed by atoms with E-state index >= 15 is 0 Å². The average Bonchev–Trinajstić information content (AvgIpc) is 2.55. The van der Waals surface area contributed by atoms with Crippen LogP contribution < -0.4 is 0 Å². The van der Waals surface area contributed by atoms with Crippen LogP contribution in [0, 0.1) is 11.3 Å². The first-order chi connectivity index (χ1) is 11.3. The van der Waals surface area contributed by atoms with Crippen molar-refractivity contribution in [3.8, 4) is 0 Å². The van der Waals surface area contributed by atoms with Gasteiger partial charge < -0.3 is 5.11 Å². The van der Waals surface area contributed by atoms with Gasteiger partial charge in [-0.1, -0.05) is 38.1 Å². The fourth-order valence-electron chi connectivity index (χ4n) is 4.01. The number of carbonyl (C=O) groups excluding carboxylic acids is 2. The predicted molar refractivity (Wildman–Crippen MR) is 94.2 cm³/mol. The summed E-state index contributed by atoms with van der Waals surface area (Å²) in [4.78, 5) is 23.8. The van der Waals surface area contributed by atoms with Crippen molar-refractivity contribution in [1.82, 2.24) is 0 Å². The number of carbonyl (C=O) groups is 2. The Morgan fingerprint density at radius 3 is 2.54 bits per heavy atom. The van der Waals surface area contributed by atoms with Crippen molar-refractivity contribution >= 4 is 11.6 Å². The van der Waals surface area contributed by atoms with E-state index in [1.165, 1.54) is 17.7 Å². The Morgan fingerprint density at radius 2 is 1.83 bits per heavy atom. The van der Waals surface area contributed by atoms with Gasteiger partial charge in [-0.05, 0) is 60.8 Å². The van der Waals surface area contributed by atoms with Crippen LogP contribution in [0.15, 0.2) is 42.5 Å². The third-order valence-electron chi connectivity index (χ3n) is 5.71. The lowest BCUT2D eigenvalue weighted by molar-refractivity contribution is -0.00881. The van der Waals surface area contributed by atoms with Gasteiger partial charge in [0.1, 0.15) is 0 Å². The number of aliphatic hydroxyl groups excluding tert-OH is 1. The van der Waals surface area contributed by atoms with Gasteiger partial charge in [0.05, 0.1) is 6.10 Å². The first-order valence-electron chi connectivity index (χ1n) is 8.56. The molecule has 1 fully saturated rings. The van der Waals surface area contributed by atoms with Gasteiger partial charge in [0, 0.05) is 11.1 Å². The molecule has 0 bridgehead atoms. The first-order valence-corrected chi connectivity index (χ1v) is 8.56. The molecule has 24 heavy (non-hydrogen) atoms. The van der Waals surface area contributed by atoms with Gasteiger partial charge in [0.2, 0.25) is 0 Å². The van der Waals surface area contributed by atoms with Crippen LogP contribution in [0.3, 0.4) is 0 Å². The minimum absolute atomic E-state index is 0.107. The molecule has 1 aromatic rings.